The van der Waals surface area contributed by atoms with Crippen molar-refractivity contribution in [3.8, 4) is 0 Å². The van der Waals surface area contributed by atoms with Crippen LogP contribution >= 0.6 is 23.3 Å². The van der Waals surface area contributed by atoms with Crippen LogP contribution in [0.4, 0.5) is 5.69 Å². The highest BCUT2D eigenvalue weighted by Crippen LogP contribution is 2.34. The van der Waals surface area contributed by atoms with Crippen LogP contribution in [-0.4, -0.2) is 4.98 Å². The zero-order chi connectivity index (χ0) is 17.6. The molecule has 1 aromatic carbocycles. The zero-order valence-corrected chi connectivity index (χ0v) is 16.3. The van der Waals surface area contributed by atoms with E-state index in [9.17, 15) is 0 Å². The number of aromatic nitrogens is 1. The molecule has 0 fully saturated rings. The molecule has 1 N–H and O–H groups in total. The van der Waals surface area contributed by atoms with Gasteiger partial charge in [0.25, 0.3) is 0 Å². The van der Waals surface area contributed by atoms with E-state index in [1.807, 2.05) is 18.3 Å². The van der Waals surface area contributed by atoms with E-state index in [0.29, 0.717) is 5.92 Å². The molecule has 128 valence electrons. The van der Waals surface area contributed by atoms with Crippen LogP contribution in [0.5, 0.6) is 0 Å². The molecule has 0 aliphatic rings. The smallest absolute Gasteiger partial charge is 0.0807 e. The van der Waals surface area contributed by atoms with Crippen molar-refractivity contribution in [1.29, 1.82) is 0 Å². The van der Waals surface area contributed by atoms with E-state index in [4.69, 9.17) is 0 Å². The minimum absolute atomic E-state index is 0.426. The summed E-state index contributed by atoms with van der Waals surface area (Å²) < 4.78 is 4.80. The quantitative estimate of drug-likeness (QED) is 0.478. The van der Waals surface area contributed by atoms with E-state index < -0.39 is 0 Å². The van der Waals surface area contributed by atoms with E-state index >= 15 is 0 Å². The molecule has 0 radical (unpaired) electrons. The van der Waals surface area contributed by atoms with Gasteiger partial charge in [0.2, 0.25) is 0 Å². The summed E-state index contributed by atoms with van der Waals surface area (Å²) in [6.45, 7) is 6.60. The molecule has 3 rings (SSSR count). The van der Waals surface area contributed by atoms with Crippen LogP contribution in [0, 0.1) is 0 Å². The lowest BCUT2D eigenvalue weighted by atomic mass is 9.94. The molecule has 2 nitrogen and oxygen atoms in total. The van der Waals surface area contributed by atoms with Crippen LogP contribution in [0.2, 0.25) is 0 Å². The first-order valence-corrected chi connectivity index (χ1v) is 10.0. The Labute approximate surface area is 158 Å². The summed E-state index contributed by atoms with van der Waals surface area (Å²) in [5.74, 6) is 0.426. The van der Waals surface area contributed by atoms with Crippen LogP contribution in [0.15, 0.2) is 64.3 Å². The fourth-order valence-electron chi connectivity index (χ4n) is 2.77. The lowest BCUT2D eigenvalue weighted by molar-refractivity contribution is 0.867. The van der Waals surface area contributed by atoms with E-state index in [-0.39, 0.29) is 0 Å². The first-order chi connectivity index (χ1) is 12.1. The average molecular weight is 367 g/mol. The van der Waals surface area contributed by atoms with Gasteiger partial charge in [-0.25, -0.2) is 0 Å². The molecule has 3 aromatic rings. The van der Waals surface area contributed by atoms with E-state index in [1.165, 1.54) is 26.6 Å². The number of hydrogen-bond acceptors (Lipinski definition) is 4. The number of anilines is 1. The number of rotatable bonds is 6. The molecular formula is C21H22N2S2. The lowest BCUT2D eigenvalue weighted by Gasteiger charge is -2.17. The third-order valence-electron chi connectivity index (χ3n) is 3.91. The van der Waals surface area contributed by atoms with Gasteiger partial charge in [-0.05, 0) is 77.2 Å². The maximum Gasteiger partial charge on any atom is 0.0807 e. The molecule has 0 spiro atoms. The first kappa shape index (κ1) is 17.8. The topological polar surface area (TPSA) is 24.9 Å². The predicted molar refractivity (Wildman–Crippen MR) is 112 cm³/mol. The van der Waals surface area contributed by atoms with Gasteiger partial charge in [0, 0.05) is 11.9 Å². The number of nitrogens with zero attached hydrogens (tertiary/aromatic N) is 1. The summed E-state index contributed by atoms with van der Waals surface area (Å²) in [4.78, 5) is 4.46. The Morgan fingerprint density at radius 1 is 1.12 bits per heavy atom. The second-order valence-corrected chi connectivity index (χ2v) is 8.20. The summed E-state index contributed by atoms with van der Waals surface area (Å²) in [6.07, 6.45) is 4.07. The van der Waals surface area contributed by atoms with Gasteiger partial charge in [-0.3, -0.25) is 4.98 Å². The molecule has 2 heterocycles. The molecule has 0 saturated heterocycles. The maximum atomic E-state index is 4.46. The number of thiophene rings is 1. The Morgan fingerprint density at radius 3 is 2.68 bits per heavy atom. The Hall–Kier alpha value is -2.04. The van der Waals surface area contributed by atoms with Crippen molar-refractivity contribution in [3.63, 3.8) is 0 Å². The average Bonchev–Trinajstić information content (AvgIpc) is 3.14. The van der Waals surface area contributed by atoms with Crippen LogP contribution in [0.25, 0.3) is 11.6 Å². The van der Waals surface area contributed by atoms with Gasteiger partial charge in [-0.15, -0.1) is 11.3 Å². The van der Waals surface area contributed by atoms with Crippen LogP contribution in [-0.2, 0) is 0 Å². The minimum Gasteiger partial charge on any atom is -0.325 e. The number of allylic oxidation sites excluding steroid dienone is 1. The highest BCUT2D eigenvalue weighted by atomic mass is 32.2. The molecule has 0 aliphatic carbocycles. The number of pyridine rings is 1. The molecule has 0 amide bonds. The largest absolute Gasteiger partial charge is 0.325 e. The SMILES string of the molecule is C/C(=C\c1cccc(NSc2cccs2)c1C(C)C)c1ccccn1. The van der Waals surface area contributed by atoms with Crippen LogP contribution in [0.1, 0.15) is 43.5 Å². The summed E-state index contributed by atoms with van der Waals surface area (Å²) in [5.41, 5.74) is 5.95. The number of benzene rings is 1. The maximum absolute atomic E-state index is 4.46. The van der Waals surface area contributed by atoms with Crippen molar-refractivity contribution < 1.29 is 0 Å². The molecule has 25 heavy (non-hydrogen) atoms. The third-order valence-corrected chi connectivity index (χ3v) is 5.77. The summed E-state index contributed by atoms with van der Waals surface area (Å²) in [7, 11) is 0. The van der Waals surface area contributed by atoms with Gasteiger partial charge in [0.05, 0.1) is 9.90 Å². The summed E-state index contributed by atoms with van der Waals surface area (Å²) >= 11 is 3.42. The zero-order valence-electron chi connectivity index (χ0n) is 14.7. The summed E-state index contributed by atoms with van der Waals surface area (Å²) in [6, 6.07) is 16.7. The van der Waals surface area contributed by atoms with Crippen LogP contribution in [0.3, 0.4) is 0 Å². The molecule has 0 atom stereocenters. The highest BCUT2D eigenvalue weighted by Gasteiger charge is 2.12. The second-order valence-electron chi connectivity index (χ2n) is 6.14. The van der Waals surface area contributed by atoms with Crippen molar-refractivity contribution >= 4 is 40.6 Å². The van der Waals surface area contributed by atoms with Gasteiger partial charge in [0.1, 0.15) is 0 Å². The molecular weight excluding hydrogens is 344 g/mol. The molecule has 0 aliphatic heterocycles. The standard InChI is InChI=1S/C21H22N2S2/c1-15(2)21-17(14-16(3)18-9-4-5-12-22-18)8-6-10-19(21)23-25-20-11-7-13-24-20/h4-15,23H,1-3H3/b16-14+. The minimum atomic E-state index is 0.426. The first-order valence-electron chi connectivity index (χ1n) is 8.34. The number of nitrogens with one attached hydrogen (secondary N) is 1. The van der Waals surface area contributed by atoms with E-state index in [1.54, 1.807) is 23.3 Å². The lowest BCUT2D eigenvalue weighted by Crippen LogP contribution is -1.99. The van der Waals surface area contributed by atoms with E-state index in [0.717, 1.165) is 5.69 Å². The molecule has 0 unspecified atom stereocenters. The van der Waals surface area contributed by atoms with Crippen LogP contribution < -0.4 is 4.72 Å². The molecule has 0 bridgehead atoms. The second kappa shape index (κ2) is 8.37. The normalized spacial score (nSPS) is 11.8. The van der Waals surface area contributed by atoms with E-state index in [2.05, 4.69) is 78.3 Å². The van der Waals surface area contributed by atoms with Crippen molar-refractivity contribution in [2.45, 2.75) is 30.9 Å². The third kappa shape index (κ3) is 4.53. The monoisotopic (exact) mass is 366 g/mol. The van der Waals surface area contributed by atoms with Gasteiger partial charge in [0.15, 0.2) is 0 Å². The fourth-order valence-corrected chi connectivity index (χ4v) is 4.24. The number of hydrogen-bond donors (Lipinski definition) is 1. The molecule has 2 aromatic heterocycles. The van der Waals surface area contributed by atoms with Gasteiger partial charge in [-0.2, -0.15) is 0 Å². The fraction of sp³-hybridized carbons (Fsp3) is 0.190. The molecule has 0 saturated carbocycles. The van der Waals surface area contributed by atoms with Crippen molar-refractivity contribution in [2.24, 2.45) is 0 Å². The van der Waals surface area contributed by atoms with Gasteiger partial charge >= 0.3 is 0 Å². The van der Waals surface area contributed by atoms with Crippen molar-refractivity contribution in [3.05, 3.63) is 76.9 Å². The van der Waals surface area contributed by atoms with Crippen molar-refractivity contribution in [2.75, 3.05) is 4.72 Å². The Bertz CT molecular complexity index is 838. The van der Waals surface area contributed by atoms with Crippen molar-refractivity contribution in [1.82, 2.24) is 4.98 Å². The predicted octanol–water partition coefficient (Wildman–Crippen LogP) is 6.95. The Balaban J connectivity index is 1.92. The Kier molecular flexibility index (Phi) is 5.95. The summed E-state index contributed by atoms with van der Waals surface area (Å²) in [5, 5.41) is 2.10. The molecule has 4 heteroatoms. The Morgan fingerprint density at radius 2 is 2.00 bits per heavy atom. The van der Waals surface area contributed by atoms with Gasteiger partial charge < -0.3 is 4.72 Å². The van der Waals surface area contributed by atoms with Gasteiger partial charge in [-0.1, -0.05) is 38.1 Å². The highest BCUT2D eigenvalue weighted by molar-refractivity contribution is 8.02.